The molecule has 0 aromatic heterocycles. The van der Waals surface area contributed by atoms with Crippen molar-refractivity contribution < 1.29 is 9.53 Å². The summed E-state index contributed by atoms with van der Waals surface area (Å²) < 4.78 is 5.21. The third-order valence-electron chi connectivity index (χ3n) is 5.31. The lowest BCUT2D eigenvalue weighted by Gasteiger charge is -2.34. The van der Waals surface area contributed by atoms with E-state index in [0.29, 0.717) is 6.61 Å². The van der Waals surface area contributed by atoms with E-state index in [0.717, 1.165) is 57.3 Å². The summed E-state index contributed by atoms with van der Waals surface area (Å²) in [6, 6.07) is 0. The molecule has 2 saturated heterocycles. The first-order valence-corrected chi connectivity index (χ1v) is 10.0. The van der Waals surface area contributed by atoms with Gasteiger partial charge in [0, 0.05) is 26.2 Å². The molecule has 152 valence electrons. The van der Waals surface area contributed by atoms with Gasteiger partial charge in [0.25, 0.3) is 0 Å². The van der Waals surface area contributed by atoms with E-state index in [1.807, 2.05) is 6.92 Å². The Hall–Kier alpha value is -0.570. The van der Waals surface area contributed by atoms with E-state index in [2.05, 4.69) is 29.1 Å². The van der Waals surface area contributed by atoms with Crippen molar-refractivity contribution in [1.82, 2.24) is 15.1 Å². The number of hydrogen-bond donors (Lipinski definition) is 1. The van der Waals surface area contributed by atoms with Gasteiger partial charge in [0.05, 0.1) is 12.5 Å². The number of guanidine groups is 1. The second kappa shape index (κ2) is 12.8. The normalized spacial score (nSPS) is 22.7. The maximum atomic E-state index is 12.1. The van der Waals surface area contributed by atoms with Gasteiger partial charge in [-0.1, -0.05) is 0 Å². The van der Waals surface area contributed by atoms with Crippen LogP contribution in [0.1, 0.15) is 46.0 Å². The van der Waals surface area contributed by atoms with Gasteiger partial charge in [-0.05, 0) is 72.0 Å². The SMILES string of the molecule is CCNC(=NCCC1CCN(C)CC1)N1CCCC(C(=O)OCC)C1.I. The lowest BCUT2D eigenvalue weighted by atomic mass is 9.94. The van der Waals surface area contributed by atoms with E-state index in [4.69, 9.17) is 9.73 Å². The fraction of sp³-hybridized carbons (Fsp3) is 0.895. The van der Waals surface area contributed by atoms with Gasteiger partial charge < -0.3 is 19.9 Å². The van der Waals surface area contributed by atoms with Crippen molar-refractivity contribution >= 4 is 35.9 Å². The van der Waals surface area contributed by atoms with Crippen LogP contribution in [0.25, 0.3) is 0 Å². The number of piperidine rings is 2. The van der Waals surface area contributed by atoms with Crippen LogP contribution in [0.2, 0.25) is 0 Å². The number of carbonyl (C=O) groups excluding carboxylic acids is 1. The average Bonchev–Trinajstić information content (AvgIpc) is 2.63. The van der Waals surface area contributed by atoms with Gasteiger partial charge in [-0.3, -0.25) is 9.79 Å². The lowest BCUT2D eigenvalue weighted by molar-refractivity contribution is -0.149. The van der Waals surface area contributed by atoms with Crippen LogP contribution in [0.4, 0.5) is 0 Å². The maximum Gasteiger partial charge on any atom is 0.310 e. The number of likely N-dealkylation sites (tertiary alicyclic amines) is 2. The first-order valence-electron chi connectivity index (χ1n) is 10.0. The fourth-order valence-corrected chi connectivity index (χ4v) is 3.75. The van der Waals surface area contributed by atoms with Crippen LogP contribution in [-0.2, 0) is 9.53 Å². The lowest BCUT2D eigenvalue weighted by Crippen LogP contribution is -2.48. The van der Waals surface area contributed by atoms with E-state index in [1.54, 1.807) is 0 Å². The number of rotatable bonds is 6. The molecule has 0 spiro atoms. The molecule has 7 heteroatoms. The van der Waals surface area contributed by atoms with Crippen LogP contribution in [0.5, 0.6) is 0 Å². The summed E-state index contributed by atoms with van der Waals surface area (Å²) in [4.78, 5) is 21.6. The molecule has 2 heterocycles. The predicted octanol–water partition coefficient (Wildman–Crippen LogP) is 2.58. The molecule has 2 rings (SSSR count). The molecule has 0 aromatic carbocycles. The van der Waals surface area contributed by atoms with Gasteiger partial charge in [0.15, 0.2) is 5.96 Å². The molecule has 2 aliphatic rings. The van der Waals surface area contributed by atoms with Crippen molar-refractivity contribution in [3.05, 3.63) is 0 Å². The van der Waals surface area contributed by atoms with Crippen molar-refractivity contribution in [1.29, 1.82) is 0 Å². The highest BCUT2D eigenvalue weighted by molar-refractivity contribution is 14.0. The van der Waals surface area contributed by atoms with Crippen LogP contribution in [0, 0.1) is 11.8 Å². The quantitative estimate of drug-likeness (QED) is 0.274. The van der Waals surface area contributed by atoms with Crippen molar-refractivity contribution in [3.63, 3.8) is 0 Å². The van der Waals surface area contributed by atoms with Crippen LogP contribution >= 0.6 is 24.0 Å². The Balaban J connectivity index is 0.00000338. The van der Waals surface area contributed by atoms with E-state index in [9.17, 15) is 4.79 Å². The number of ether oxygens (including phenoxy) is 1. The van der Waals surface area contributed by atoms with Crippen molar-refractivity contribution in [2.45, 2.75) is 46.0 Å². The molecule has 0 aliphatic carbocycles. The smallest absolute Gasteiger partial charge is 0.310 e. The Labute approximate surface area is 176 Å². The molecule has 0 saturated carbocycles. The number of esters is 1. The molecular weight excluding hydrogens is 443 g/mol. The standard InChI is InChI=1S/C19H36N4O2.HI/c1-4-20-19(21-11-8-16-9-13-22(3)14-10-16)23-12-6-7-17(15-23)18(24)25-5-2;/h16-17H,4-15H2,1-3H3,(H,20,21);1H. The van der Waals surface area contributed by atoms with Crippen LogP contribution < -0.4 is 5.32 Å². The number of carbonyl (C=O) groups is 1. The Morgan fingerprint density at radius 2 is 1.92 bits per heavy atom. The van der Waals surface area contributed by atoms with Crippen LogP contribution in [-0.4, -0.2) is 74.7 Å². The van der Waals surface area contributed by atoms with Crippen molar-refractivity contribution in [2.75, 3.05) is 52.9 Å². The zero-order valence-electron chi connectivity index (χ0n) is 16.7. The van der Waals surface area contributed by atoms with Crippen LogP contribution in [0.15, 0.2) is 4.99 Å². The zero-order valence-corrected chi connectivity index (χ0v) is 19.0. The molecule has 0 amide bonds. The molecule has 26 heavy (non-hydrogen) atoms. The molecule has 1 N–H and O–H groups in total. The van der Waals surface area contributed by atoms with E-state index >= 15 is 0 Å². The maximum absolute atomic E-state index is 12.1. The van der Waals surface area contributed by atoms with E-state index in [-0.39, 0.29) is 35.9 Å². The first kappa shape index (κ1) is 23.5. The monoisotopic (exact) mass is 480 g/mol. The molecule has 1 atom stereocenters. The largest absolute Gasteiger partial charge is 0.466 e. The molecule has 6 nitrogen and oxygen atoms in total. The molecule has 0 aromatic rings. The summed E-state index contributed by atoms with van der Waals surface area (Å²) in [7, 11) is 2.20. The number of nitrogens with one attached hydrogen (secondary N) is 1. The number of hydrogen-bond acceptors (Lipinski definition) is 4. The van der Waals surface area contributed by atoms with Crippen LogP contribution in [0.3, 0.4) is 0 Å². The Morgan fingerprint density at radius 3 is 2.58 bits per heavy atom. The summed E-state index contributed by atoms with van der Waals surface area (Å²) in [6.07, 6.45) is 5.68. The minimum absolute atomic E-state index is 0. The average molecular weight is 480 g/mol. The van der Waals surface area contributed by atoms with Crippen molar-refractivity contribution in [2.24, 2.45) is 16.8 Å². The summed E-state index contributed by atoms with van der Waals surface area (Å²) in [5.41, 5.74) is 0. The topological polar surface area (TPSA) is 57.2 Å². The molecule has 2 aliphatic heterocycles. The number of aliphatic imine (C=N–C) groups is 1. The Kier molecular flexibility index (Phi) is 11.5. The Bertz CT molecular complexity index is 439. The van der Waals surface area contributed by atoms with Crippen molar-refractivity contribution in [3.8, 4) is 0 Å². The van der Waals surface area contributed by atoms with Gasteiger partial charge >= 0.3 is 5.97 Å². The van der Waals surface area contributed by atoms with Gasteiger partial charge in [0.1, 0.15) is 0 Å². The Morgan fingerprint density at radius 1 is 1.19 bits per heavy atom. The molecule has 0 radical (unpaired) electrons. The minimum Gasteiger partial charge on any atom is -0.466 e. The highest BCUT2D eigenvalue weighted by atomic mass is 127. The first-order chi connectivity index (χ1) is 12.1. The highest BCUT2D eigenvalue weighted by Gasteiger charge is 2.28. The second-order valence-corrected chi connectivity index (χ2v) is 7.31. The van der Waals surface area contributed by atoms with E-state index < -0.39 is 0 Å². The molecule has 2 fully saturated rings. The second-order valence-electron chi connectivity index (χ2n) is 7.31. The number of halogens is 1. The predicted molar refractivity (Wildman–Crippen MR) is 117 cm³/mol. The summed E-state index contributed by atoms with van der Waals surface area (Å²) in [6.45, 7) is 10.3. The van der Waals surface area contributed by atoms with E-state index in [1.165, 1.54) is 25.9 Å². The van der Waals surface area contributed by atoms with Gasteiger partial charge in [-0.25, -0.2) is 0 Å². The zero-order chi connectivity index (χ0) is 18.1. The van der Waals surface area contributed by atoms with Gasteiger partial charge in [-0.2, -0.15) is 0 Å². The summed E-state index contributed by atoms with van der Waals surface area (Å²) >= 11 is 0. The molecule has 1 unspecified atom stereocenters. The minimum atomic E-state index is -0.0608. The molecular formula is C19H37IN4O2. The third-order valence-corrected chi connectivity index (χ3v) is 5.31. The third kappa shape index (κ3) is 7.58. The summed E-state index contributed by atoms with van der Waals surface area (Å²) in [5.74, 6) is 1.68. The molecule has 0 bridgehead atoms. The van der Waals surface area contributed by atoms with Gasteiger partial charge in [-0.15, -0.1) is 24.0 Å². The summed E-state index contributed by atoms with van der Waals surface area (Å²) in [5, 5.41) is 3.40. The number of nitrogens with zero attached hydrogens (tertiary/aromatic N) is 3. The fourth-order valence-electron chi connectivity index (χ4n) is 3.75. The van der Waals surface area contributed by atoms with Gasteiger partial charge in [0.2, 0.25) is 0 Å². The highest BCUT2D eigenvalue weighted by Crippen LogP contribution is 2.20.